The standard InChI is InChI=1S/C29H40N8O3S/c1-3-37-28(40)24(41-29(37)26(30)27(39)32-13-10-21-5-4-12-31-19-21)20-33-22-6-8-23(9-7-22)34-25(38)11-14-36-17-15-35(2)16-18-36/h4-9,12,19,24,33H,3,10-11,13-18,20,30H2,1-2H3,(H,32,39)(H,34,38)/b29-26+/t24-/m1/s1. The number of piperazine rings is 1. The van der Waals surface area contributed by atoms with Crippen molar-refractivity contribution in [3.63, 3.8) is 0 Å². The molecule has 0 unspecified atom stereocenters. The summed E-state index contributed by atoms with van der Waals surface area (Å²) in [6.45, 7) is 7.88. The van der Waals surface area contributed by atoms with E-state index in [-0.39, 0.29) is 17.5 Å². The number of hydrogen-bond donors (Lipinski definition) is 4. The number of benzene rings is 1. The molecular weight excluding hydrogens is 540 g/mol. The topological polar surface area (TPSA) is 136 Å². The Morgan fingerprint density at radius 2 is 1.83 bits per heavy atom. The molecule has 1 aromatic carbocycles. The van der Waals surface area contributed by atoms with E-state index in [1.54, 1.807) is 17.3 Å². The number of amides is 3. The van der Waals surface area contributed by atoms with Crippen molar-refractivity contribution in [1.82, 2.24) is 25.0 Å². The van der Waals surface area contributed by atoms with Crippen LogP contribution in [0.4, 0.5) is 11.4 Å². The van der Waals surface area contributed by atoms with Crippen molar-refractivity contribution >= 4 is 40.9 Å². The average molecular weight is 581 g/mol. The summed E-state index contributed by atoms with van der Waals surface area (Å²) in [5, 5.41) is 9.15. The molecule has 0 spiro atoms. The third-order valence-corrected chi connectivity index (χ3v) is 8.48. The zero-order valence-electron chi connectivity index (χ0n) is 23.8. The number of nitrogens with two attached hydrogens (primary N) is 1. The van der Waals surface area contributed by atoms with E-state index < -0.39 is 11.2 Å². The number of aromatic nitrogens is 1. The first-order chi connectivity index (χ1) is 19.8. The zero-order chi connectivity index (χ0) is 29.2. The van der Waals surface area contributed by atoms with Gasteiger partial charge in [0.15, 0.2) is 0 Å². The number of thioether (sulfide) groups is 1. The number of rotatable bonds is 12. The number of carbonyl (C=O) groups excluding carboxylic acids is 3. The van der Waals surface area contributed by atoms with E-state index in [2.05, 4.69) is 37.8 Å². The molecule has 3 heterocycles. The Kier molecular flexibility index (Phi) is 11.0. The fourth-order valence-electron chi connectivity index (χ4n) is 4.66. The molecule has 12 heteroatoms. The minimum Gasteiger partial charge on any atom is -0.392 e. The van der Waals surface area contributed by atoms with Crippen LogP contribution in [-0.4, -0.2) is 102 Å². The molecule has 41 heavy (non-hydrogen) atoms. The van der Waals surface area contributed by atoms with Crippen LogP contribution in [-0.2, 0) is 20.8 Å². The Bertz CT molecular complexity index is 1220. The molecule has 1 atom stereocenters. The van der Waals surface area contributed by atoms with Gasteiger partial charge in [-0.15, -0.1) is 0 Å². The van der Waals surface area contributed by atoms with Gasteiger partial charge < -0.3 is 36.4 Å². The van der Waals surface area contributed by atoms with Crippen LogP contribution in [0.15, 0.2) is 59.5 Å². The maximum Gasteiger partial charge on any atom is 0.269 e. The molecule has 2 aromatic rings. The number of carbonyl (C=O) groups is 3. The third-order valence-electron chi connectivity index (χ3n) is 7.17. The molecular formula is C29H40N8O3S. The number of hydrogen-bond acceptors (Lipinski definition) is 9. The van der Waals surface area contributed by atoms with E-state index in [1.165, 1.54) is 11.8 Å². The summed E-state index contributed by atoms with van der Waals surface area (Å²) < 4.78 is 0. The number of likely N-dealkylation sites (N-methyl/N-ethyl adjacent to an activating group) is 1. The van der Waals surface area contributed by atoms with Crippen LogP contribution in [0.5, 0.6) is 0 Å². The molecule has 2 aliphatic rings. The van der Waals surface area contributed by atoms with Crippen LogP contribution in [0.25, 0.3) is 0 Å². The summed E-state index contributed by atoms with van der Waals surface area (Å²) in [6.07, 6.45) is 4.56. The smallest absolute Gasteiger partial charge is 0.269 e. The van der Waals surface area contributed by atoms with Crippen molar-refractivity contribution < 1.29 is 14.4 Å². The molecule has 2 aliphatic heterocycles. The van der Waals surface area contributed by atoms with Gasteiger partial charge in [0.1, 0.15) is 16.0 Å². The van der Waals surface area contributed by atoms with Gasteiger partial charge in [0, 0.05) is 82.5 Å². The highest BCUT2D eigenvalue weighted by molar-refractivity contribution is 8.04. The van der Waals surface area contributed by atoms with E-state index in [0.717, 1.165) is 49.7 Å². The van der Waals surface area contributed by atoms with Crippen LogP contribution >= 0.6 is 11.8 Å². The fourth-order valence-corrected chi connectivity index (χ4v) is 5.89. The first kappa shape index (κ1) is 30.4. The molecule has 11 nitrogen and oxygen atoms in total. The number of nitrogens with one attached hydrogen (secondary N) is 3. The molecule has 4 rings (SSSR count). The van der Waals surface area contributed by atoms with Gasteiger partial charge >= 0.3 is 0 Å². The lowest BCUT2D eigenvalue weighted by Gasteiger charge is -2.32. The maximum atomic E-state index is 13.0. The largest absolute Gasteiger partial charge is 0.392 e. The molecule has 0 radical (unpaired) electrons. The molecule has 2 saturated heterocycles. The first-order valence-corrected chi connectivity index (χ1v) is 14.9. The Labute approximate surface area is 245 Å². The van der Waals surface area contributed by atoms with Crippen LogP contribution in [0.3, 0.4) is 0 Å². The Morgan fingerprint density at radius 3 is 2.51 bits per heavy atom. The van der Waals surface area contributed by atoms with Gasteiger partial charge in [-0.3, -0.25) is 19.4 Å². The molecule has 2 fully saturated rings. The lowest BCUT2D eigenvalue weighted by molar-refractivity contribution is -0.127. The second-order valence-electron chi connectivity index (χ2n) is 10.2. The van der Waals surface area contributed by atoms with Crippen molar-refractivity contribution in [2.45, 2.75) is 25.0 Å². The average Bonchev–Trinajstić information content (AvgIpc) is 3.31. The Morgan fingerprint density at radius 1 is 1.10 bits per heavy atom. The summed E-state index contributed by atoms with van der Waals surface area (Å²) in [4.78, 5) is 48.4. The zero-order valence-corrected chi connectivity index (χ0v) is 24.6. The lowest BCUT2D eigenvalue weighted by Crippen LogP contribution is -2.45. The Hall–Kier alpha value is -3.61. The fraction of sp³-hybridized carbons (Fsp3) is 0.448. The van der Waals surface area contributed by atoms with Crippen LogP contribution in [0.2, 0.25) is 0 Å². The van der Waals surface area contributed by atoms with E-state index >= 15 is 0 Å². The molecule has 0 bridgehead atoms. The number of anilines is 2. The molecule has 220 valence electrons. The van der Waals surface area contributed by atoms with Crippen molar-refractivity contribution in [3.8, 4) is 0 Å². The van der Waals surface area contributed by atoms with Crippen molar-refractivity contribution in [2.75, 3.05) is 70.0 Å². The van der Waals surface area contributed by atoms with Gasteiger partial charge in [0.25, 0.3) is 5.91 Å². The van der Waals surface area contributed by atoms with Gasteiger partial charge in [0.2, 0.25) is 11.8 Å². The van der Waals surface area contributed by atoms with Crippen molar-refractivity contribution in [1.29, 1.82) is 0 Å². The summed E-state index contributed by atoms with van der Waals surface area (Å²) in [6, 6.07) is 11.2. The van der Waals surface area contributed by atoms with Crippen molar-refractivity contribution in [2.24, 2.45) is 5.73 Å². The van der Waals surface area contributed by atoms with E-state index in [0.29, 0.717) is 37.5 Å². The highest BCUT2D eigenvalue weighted by Gasteiger charge is 2.38. The van der Waals surface area contributed by atoms with E-state index in [9.17, 15) is 14.4 Å². The van der Waals surface area contributed by atoms with Crippen molar-refractivity contribution in [3.05, 3.63) is 65.1 Å². The summed E-state index contributed by atoms with van der Waals surface area (Å²) in [7, 11) is 2.12. The van der Waals surface area contributed by atoms with Crippen LogP contribution in [0, 0.1) is 0 Å². The summed E-state index contributed by atoms with van der Waals surface area (Å²) >= 11 is 1.30. The quantitative estimate of drug-likeness (QED) is 0.276. The summed E-state index contributed by atoms with van der Waals surface area (Å²) in [5.74, 6) is -0.483. The second kappa shape index (κ2) is 14.9. The van der Waals surface area contributed by atoms with Gasteiger partial charge in [-0.25, -0.2) is 0 Å². The Balaban J connectivity index is 1.24. The first-order valence-electron chi connectivity index (χ1n) is 14.0. The third kappa shape index (κ3) is 8.69. The van der Waals surface area contributed by atoms with E-state index in [4.69, 9.17) is 5.73 Å². The molecule has 0 saturated carbocycles. The minimum absolute atomic E-state index is 0.00439. The van der Waals surface area contributed by atoms with Crippen LogP contribution < -0.4 is 21.7 Å². The normalized spacial score (nSPS) is 19.2. The van der Waals surface area contributed by atoms with Gasteiger partial charge in [-0.05, 0) is 56.3 Å². The SMILES string of the molecule is CCN1C(=O)[C@@H](CNc2ccc(NC(=O)CCN3CCN(C)CC3)cc2)S/C1=C(/N)C(=O)NCCc1cccnc1. The highest BCUT2D eigenvalue weighted by atomic mass is 32.2. The summed E-state index contributed by atoms with van der Waals surface area (Å²) in [5.41, 5.74) is 8.83. The number of pyridine rings is 1. The molecule has 0 aliphatic carbocycles. The minimum atomic E-state index is -0.416. The predicted octanol–water partition coefficient (Wildman–Crippen LogP) is 1.52. The number of nitrogens with zero attached hydrogens (tertiary/aromatic N) is 4. The maximum absolute atomic E-state index is 13.0. The molecule has 5 N–H and O–H groups in total. The lowest BCUT2D eigenvalue weighted by atomic mass is 10.2. The van der Waals surface area contributed by atoms with E-state index in [1.807, 2.05) is 43.3 Å². The molecule has 3 amide bonds. The van der Waals surface area contributed by atoms with Gasteiger partial charge in [-0.2, -0.15) is 0 Å². The molecule has 1 aromatic heterocycles. The highest BCUT2D eigenvalue weighted by Crippen LogP contribution is 2.36. The predicted molar refractivity (Wildman–Crippen MR) is 163 cm³/mol. The van der Waals surface area contributed by atoms with Crippen LogP contribution in [0.1, 0.15) is 18.9 Å². The van der Waals surface area contributed by atoms with Gasteiger partial charge in [0.05, 0.1) is 0 Å². The second-order valence-corrected chi connectivity index (χ2v) is 11.4. The van der Waals surface area contributed by atoms with Gasteiger partial charge in [-0.1, -0.05) is 17.8 Å². The monoisotopic (exact) mass is 580 g/mol.